The minimum Gasteiger partial charge on any atom is -0.550 e. The van der Waals surface area contributed by atoms with E-state index in [1.165, 1.54) is 0 Å². The number of carbonyl (C=O) groups is 1. The average molecular weight is 214 g/mol. The summed E-state index contributed by atoms with van der Waals surface area (Å²) in [6, 6.07) is 0. The molecule has 0 bridgehead atoms. The van der Waals surface area contributed by atoms with Gasteiger partial charge in [0.1, 0.15) is 12.4 Å². The molecule has 5 heteroatoms. The molecule has 0 N–H and O–H groups in total. The maximum atomic E-state index is 9.27. The second-order valence-electron chi connectivity index (χ2n) is 2.76. The maximum absolute atomic E-state index is 9.27. The number of nitrogens with zero attached hydrogens (tertiary/aromatic N) is 2. The van der Waals surface area contributed by atoms with Crippen LogP contribution in [0.2, 0.25) is 0 Å². The number of imidazole rings is 1. The second kappa shape index (κ2) is 7.84. The van der Waals surface area contributed by atoms with E-state index in [2.05, 4.69) is 46.4 Å². The lowest BCUT2D eigenvalue weighted by Crippen LogP contribution is -2.28. The highest BCUT2D eigenvalue weighted by atomic mass is 16.7. The minimum absolute atomic E-state index is 0.169. The Kier molecular flexibility index (Phi) is 7.05. The van der Waals surface area contributed by atoms with Crippen LogP contribution in [0.25, 0.3) is 0 Å². The van der Waals surface area contributed by atoms with Crippen molar-refractivity contribution in [3.05, 3.63) is 18.7 Å². The van der Waals surface area contributed by atoms with Crippen molar-refractivity contribution in [2.75, 3.05) is 6.61 Å². The molecule has 15 heavy (non-hydrogen) atoms. The number of hydrogen-bond donors (Lipinski definition) is 0. The summed E-state index contributed by atoms with van der Waals surface area (Å²) < 4.78 is 8.16. The van der Waals surface area contributed by atoms with E-state index >= 15 is 0 Å². The topological polar surface area (TPSA) is 58.2 Å². The molecule has 0 saturated carbocycles. The summed E-state index contributed by atoms with van der Waals surface area (Å²) in [6.45, 7) is 8.15. The van der Waals surface area contributed by atoms with E-state index in [9.17, 15) is 9.90 Å². The third-order valence-electron chi connectivity index (χ3n) is 1.74. The van der Waals surface area contributed by atoms with Gasteiger partial charge in [-0.25, -0.2) is 9.13 Å². The first-order valence-electron chi connectivity index (χ1n) is 5.02. The van der Waals surface area contributed by atoms with Crippen LogP contribution in [0.4, 0.5) is 4.79 Å². The summed E-state index contributed by atoms with van der Waals surface area (Å²) in [5, 5.41) is 9.27. The van der Waals surface area contributed by atoms with Crippen molar-refractivity contribution in [2.24, 2.45) is 0 Å². The fourth-order valence-corrected chi connectivity index (χ4v) is 0.931. The number of hydrogen-bond acceptors (Lipinski definition) is 3. The van der Waals surface area contributed by atoms with Gasteiger partial charge in [0.15, 0.2) is 0 Å². The highest BCUT2D eigenvalue weighted by Gasteiger charge is 1.95. The van der Waals surface area contributed by atoms with Crippen LogP contribution >= 0.6 is 0 Å². The summed E-state index contributed by atoms with van der Waals surface area (Å²) >= 11 is 0. The molecule has 5 nitrogen and oxygen atoms in total. The molecule has 0 fully saturated rings. The molecule has 86 valence electrons. The van der Waals surface area contributed by atoms with E-state index in [1.54, 1.807) is 6.92 Å². The lowest BCUT2D eigenvalue weighted by Gasteiger charge is -1.99. The summed E-state index contributed by atoms with van der Waals surface area (Å²) in [5.74, 6) is 0. The van der Waals surface area contributed by atoms with Crippen LogP contribution in [0.3, 0.4) is 0 Å². The van der Waals surface area contributed by atoms with Crippen molar-refractivity contribution < 1.29 is 19.2 Å². The van der Waals surface area contributed by atoms with Gasteiger partial charge in [0, 0.05) is 6.61 Å². The van der Waals surface area contributed by atoms with E-state index in [0.29, 0.717) is 0 Å². The number of aryl methyl sites for hydroxylation is 2. The molecular weight excluding hydrogens is 196 g/mol. The second-order valence-corrected chi connectivity index (χ2v) is 2.76. The number of carbonyl (C=O) groups excluding carboxylic acids is 1. The van der Waals surface area contributed by atoms with Crippen LogP contribution in [0.1, 0.15) is 20.8 Å². The van der Waals surface area contributed by atoms with Crippen molar-refractivity contribution in [3.63, 3.8) is 0 Å². The minimum atomic E-state index is -1.46. The van der Waals surface area contributed by atoms with Gasteiger partial charge in [-0.2, -0.15) is 0 Å². The van der Waals surface area contributed by atoms with Crippen molar-refractivity contribution in [2.45, 2.75) is 33.9 Å². The Morgan fingerprint density at radius 1 is 1.47 bits per heavy atom. The zero-order valence-electron chi connectivity index (χ0n) is 9.47. The van der Waals surface area contributed by atoms with Crippen molar-refractivity contribution in [1.82, 2.24) is 4.57 Å². The Morgan fingerprint density at radius 3 is 2.33 bits per heavy atom. The Hall–Kier alpha value is -1.52. The number of aromatic nitrogens is 2. The normalized spacial score (nSPS) is 9.00. The molecule has 0 aliphatic rings. The average Bonchev–Trinajstić information content (AvgIpc) is 2.66. The first-order chi connectivity index (χ1) is 7.13. The van der Waals surface area contributed by atoms with Gasteiger partial charge in [-0.1, -0.05) is 0 Å². The van der Waals surface area contributed by atoms with Gasteiger partial charge >= 0.3 is 0 Å². The highest BCUT2D eigenvalue weighted by molar-refractivity contribution is 5.53. The fraction of sp³-hybridized carbons (Fsp3) is 0.600. The summed E-state index contributed by atoms with van der Waals surface area (Å²) in [7, 11) is 0. The molecule has 0 aliphatic heterocycles. The Bertz CT molecular complexity index is 265. The first-order valence-corrected chi connectivity index (χ1v) is 5.02. The van der Waals surface area contributed by atoms with E-state index in [0.717, 1.165) is 13.1 Å². The number of rotatable bonds is 3. The lowest BCUT2D eigenvalue weighted by molar-refractivity contribution is -0.693. The molecule has 0 radical (unpaired) electrons. The highest BCUT2D eigenvalue weighted by Crippen LogP contribution is 1.81. The molecule has 1 heterocycles. The fourth-order valence-electron chi connectivity index (χ4n) is 0.931. The van der Waals surface area contributed by atoms with Crippen LogP contribution in [-0.4, -0.2) is 17.3 Å². The molecule has 0 saturated heterocycles. The summed E-state index contributed by atoms with van der Waals surface area (Å²) in [5.41, 5.74) is 0. The monoisotopic (exact) mass is 214 g/mol. The third-order valence-corrected chi connectivity index (χ3v) is 1.74. The van der Waals surface area contributed by atoms with E-state index < -0.39 is 6.16 Å². The SMILES string of the molecule is CCOC(=O)[O-].CCn1cc[n+](CC)c1. The summed E-state index contributed by atoms with van der Waals surface area (Å²) in [6.07, 6.45) is 4.82. The molecule has 1 aromatic rings. The quantitative estimate of drug-likeness (QED) is 0.533. The van der Waals surface area contributed by atoms with Crippen LogP contribution < -0.4 is 9.67 Å². The van der Waals surface area contributed by atoms with Gasteiger partial charge in [0.2, 0.25) is 6.33 Å². The third kappa shape index (κ3) is 6.54. The number of carboxylic acid groups (broad SMARTS) is 1. The molecule has 0 amide bonds. The van der Waals surface area contributed by atoms with Crippen molar-refractivity contribution >= 4 is 6.16 Å². The number of ether oxygens (including phenoxy) is 1. The predicted molar refractivity (Wildman–Crippen MR) is 53.0 cm³/mol. The zero-order valence-corrected chi connectivity index (χ0v) is 9.47. The molecule has 1 rings (SSSR count). The van der Waals surface area contributed by atoms with Gasteiger partial charge < -0.3 is 14.6 Å². The van der Waals surface area contributed by atoms with Crippen LogP contribution in [0.15, 0.2) is 18.7 Å². The Morgan fingerprint density at radius 2 is 2.13 bits per heavy atom. The zero-order chi connectivity index (χ0) is 11.7. The Balaban J connectivity index is 0.000000288. The maximum Gasteiger partial charge on any atom is 0.251 e. The molecule has 1 aromatic heterocycles. The molecule has 0 atom stereocenters. The van der Waals surface area contributed by atoms with Gasteiger partial charge in [-0.3, -0.25) is 0 Å². The largest absolute Gasteiger partial charge is 0.550 e. The van der Waals surface area contributed by atoms with E-state index in [-0.39, 0.29) is 6.61 Å². The van der Waals surface area contributed by atoms with Crippen molar-refractivity contribution in [1.29, 1.82) is 0 Å². The van der Waals surface area contributed by atoms with Crippen LogP contribution in [-0.2, 0) is 17.8 Å². The molecular formula is C10H18N2O3. The Labute approximate surface area is 89.9 Å². The van der Waals surface area contributed by atoms with Gasteiger partial charge in [-0.15, -0.1) is 0 Å². The molecule has 0 spiro atoms. The van der Waals surface area contributed by atoms with Crippen LogP contribution in [0, 0.1) is 0 Å². The molecule has 0 aliphatic carbocycles. The van der Waals surface area contributed by atoms with E-state index in [4.69, 9.17) is 0 Å². The smallest absolute Gasteiger partial charge is 0.251 e. The summed E-state index contributed by atoms with van der Waals surface area (Å²) in [4.78, 5) is 9.27. The standard InChI is InChI=1S/C7H13N2.C3H6O3/c1-3-8-5-6-9(4-2)7-8;1-2-6-3(4)5/h5-7H,3-4H2,1-2H3;2H2,1H3,(H,4,5)/q+1;/p-1. The van der Waals surface area contributed by atoms with E-state index in [1.807, 2.05) is 0 Å². The van der Waals surface area contributed by atoms with Gasteiger partial charge in [-0.05, 0) is 20.8 Å². The van der Waals surface area contributed by atoms with Crippen molar-refractivity contribution in [3.8, 4) is 0 Å². The predicted octanol–water partition coefficient (Wildman–Crippen LogP) is 0.182. The van der Waals surface area contributed by atoms with Gasteiger partial charge in [0.25, 0.3) is 6.16 Å². The lowest BCUT2D eigenvalue weighted by atomic mass is 10.7. The first kappa shape index (κ1) is 13.5. The molecule has 0 aromatic carbocycles. The van der Waals surface area contributed by atoms with Gasteiger partial charge in [0.05, 0.1) is 13.1 Å². The molecule has 0 unspecified atom stereocenters. The van der Waals surface area contributed by atoms with Crippen LogP contribution in [0.5, 0.6) is 0 Å².